The number of carboxylic acids is 1. The minimum absolute atomic E-state index is 0.179. The molecular weight excluding hydrogens is 526 g/mol. The first kappa shape index (κ1) is 32.1. The van der Waals surface area contributed by atoms with Crippen LogP contribution in [0.5, 0.6) is 0 Å². The predicted molar refractivity (Wildman–Crippen MR) is 153 cm³/mol. The van der Waals surface area contributed by atoms with Gasteiger partial charge in [0.1, 0.15) is 24.2 Å². The Morgan fingerprint density at radius 1 is 1.07 bits per heavy atom. The summed E-state index contributed by atoms with van der Waals surface area (Å²) < 4.78 is 5.93. The maximum absolute atomic E-state index is 13.9. The summed E-state index contributed by atoms with van der Waals surface area (Å²) in [6.45, 7) is 5.46. The van der Waals surface area contributed by atoms with Crippen molar-refractivity contribution in [3.8, 4) is 0 Å². The van der Waals surface area contributed by atoms with Crippen LogP contribution in [-0.4, -0.2) is 69.9 Å². The van der Waals surface area contributed by atoms with Crippen molar-refractivity contribution < 1.29 is 33.8 Å². The monoisotopic (exact) mass is 571 g/mol. The number of hydrogen-bond acceptors (Lipinski definition) is 6. The summed E-state index contributed by atoms with van der Waals surface area (Å²) >= 11 is 0. The number of benzene rings is 1. The quantitative estimate of drug-likeness (QED) is 0.386. The smallest absolute Gasteiger partial charge is 0.329 e. The molecule has 3 N–H and O–H groups in total. The minimum Gasteiger partial charge on any atom is -0.481 e. The van der Waals surface area contributed by atoms with Gasteiger partial charge in [-0.25, -0.2) is 4.79 Å². The molecule has 1 aliphatic carbocycles. The molecule has 10 nitrogen and oxygen atoms in total. The van der Waals surface area contributed by atoms with Gasteiger partial charge in [-0.05, 0) is 37.7 Å². The van der Waals surface area contributed by atoms with Crippen LogP contribution in [-0.2, 0) is 35.1 Å². The summed E-state index contributed by atoms with van der Waals surface area (Å²) in [5.41, 5.74) is 0.834. The molecule has 1 saturated heterocycles. The number of ether oxygens (including phenoxy) is 1. The summed E-state index contributed by atoms with van der Waals surface area (Å²) in [5.74, 6) is -3.78. The molecule has 226 valence electrons. The second-order valence-corrected chi connectivity index (χ2v) is 11.5. The van der Waals surface area contributed by atoms with Gasteiger partial charge >= 0.3 is 11.9 Å². The average Bonchev–Trinajstić information content (AvgIpc) is 2.95. The van der Waals surface area contributed by atoms with Gasteiger partial charge in [0.2, 0.25) is 17.7 Å². The molecule has 0 bridgehead atoms. The minimum atomic E-state index is -1.37. The van der Waals surface area contributed by atoms with Gasteiger partial charge in [0.15, 0.2) is 0 Å². The largest absolute Gasteiger partial charge is 0.481 e. The van der Waals surface area contributed by atoms with E-state index in [-0.39, 0.29) is 24.8 Å². The summed E-state index contributed by atoms with van der Waals surface area (Å²) in [7, 11) is 0. The molecule has 0 unspecified atom stereocenters. The Morgan fingerprint density at radius 3 is 2.39 bits per heavy atom. The van der Waals surface area contributed by atoms with E-state index in [1.807, 2.05) is 44.2 Å². The van der Waals surface area contributed by atoms with Crippen LogP contribution >= 0.6 is 0 Å². The molecule has 2 fully saturated rings. The lowest BCUT2D eigenvalue weighted by atomic mass is 9.91. The SMILES string of the molecule is CCCC[C@H](C)[C@H]1CC(=O)N[C@H](Cc2ccccc2)C(=O)N[C@H](C)C(=O)N(C2CCCCC2)[C@H](CC(=O)O)C(=O)O1. The molecule has 2 aliphatic rings. The van der Waals surface area contributed by atoms with Crippen LogP contribution in [0.1, 0.15) is 90.5 Å². The van der Waals surface area contributed by atoms with Gasteiger partial charge in [-0.2, -0.15) is 0 Å². The highest BCUT2D eigenvalue weighted by molar-refractivity contribution is 5.95. The lowest BCUT2D eigenvalue weighted by molar-refractivity contribution is -0.168. The van der Waals surface area contributed by atoms with E-state index in [4.69, 9.17) is 4.74 Å². The number of rotatable bonds is 9. The van der Waals surface area contributed by atoms with E-state index in [2.05, 4.69) is 10.6 Å². The summed E-state index contributed by atoms with van der Waals surface area (Å²) in [6, 6.07) is 5.52. The fourth-order valence-electron chi connectivity index (χ4n) is 5.80. The van der Waals surface area contributed by atoms with Crippen molar-refractivity contribution >= 4 is 29.7 Å². The molecule has 5 atom stereocenters. The van der Waals surface area contributed by atoms with Crippen LogP contribution in [0.25, 0.3) is 0 Å². The van der Waals surface area contributed by atoms with Crippen LogP contribution in [0.2, 0.25) is 0 Å². The van der Waals surface area contributed by atoms with Crippen molar-refractivity contribution in [3.63, 3.8) is 0 Å². The molecule has 1 aromatic carbocycles. The molecule has 0 spiro atoms. The predicted octanol–water partition coefficient (Wildman–Crippen LogP) is 3.37. The zero-order valence-electron chi connectivity index (χ0n) is 24.5. The molecule has 1 heterocycles. The lowest BCUT2D eigenvalue weighted by Crippen LogP contribution is -2.59. The molecule has 0 aromatic heterocycles. The Balaban J connectivity index is 2.03. The molecule has 3 amide bonds. The van der Waals surface area contributed by atoms with Crippen molar-refractivity contribution in [1.82, 2.24) is 15.5 Å². The zero-order valence-corrected chi connectivity index (χ0v) is 24.5. The Hall–Kier alpha value is -3.43. The van der Waals surface area contributed by atoms with Gasteiger partial charge in [0.25, 0.3) is 0 Å². The molecule has 3 rings (SSSR count). The van der Waals surface area contributed by atoms with Crippen molar-refractivity contribution in [2.75, 3.05) is 0 Å². The van der Waals surface area contributed by atoms with Gasteiger partial charge in [0, 0.05) is 12.5 Å². The van der Waals surface area contributed by atoms with Crippen molar-refractivity contribution in [1.29, 1.82) is 0 Å². The third kappa shape index (κ3) is 9.30. The Morgan fingerprint density at radius 2 is 1.76 bits per heavy atom. The number of unbranched alkanes of at least 4 members (excludes halogenated alkanes) is 1. The van der Waals surface area contributed by atoms with Crippen LogP contribution in [0.15, 0.2) is 30.3 Å². The summed E-state index contributed by atoms with van der Waals surface area (Å²) in [4.78, 5) is 67.8. The highest BCUT2D eigenvalue weighted by Crippen LogP contribution is 2.28. The van der Waals surface area contributed by atoms with Crippen molar-refractivity contribution in [3.05, 3.63) is 35.9 Å². The topological polar surface area (TPSA) is 142 Å². The summed E-state index contributed by atoms with van der Waals surface area (Å²) in [6.07, 6.45) is 4.98. The molecule has 10 heteroatoms. The number of hydrogen-bond donors (Lipinski definition) is 3. The molecule has 0 radical (unpaired) electrons. The number of nitrogens with one attached hydrogen (secondary N) is 2. The van der Waals surface area contributed by atoms with E-state index < -0.39 is 60.3 Å². The third-order valence-corrected chi connectivity index (χ3v) is 8.16. The van der Waals surface area contributed by atoms with E-state index in [0.29, 0.717) is 19.3 Å². The van der Waals surface area contributed by atoms with Crippen molar-refractivity contribution in [2.45, 2.75) is 122 Å². The summed E-state index contributed by atoms with van der Waals surface area (Å²) in [5, 5.41) is 15.3. The lowest BCUT2D eigenvalue weighted by Gasteiger charge is -2.40. The van der Waals surface area contributed by atoms with Gasteiger partial charge in [0.05, 0.1) is 12.8 Å². The van der Waals surface area contributed by atoms with Crippen LogP contribution < -0.4 is 10.6 Å². The third-order valence-electron chi connectivity index (χ3n) is 8.16. The fraction of sp³-hybridized carbons (Fsp3) is 0.645. The standard InChI is InChI=1S/C31H45N3O7/c1-4-5-12-20(2)26-19-27(35)33-24(17-22-13-8-6-9-14-22)29(38)32-21(3)30(39)34(23-15-10-7-11-16-23)25(18-28(36)37)31(40)41-26/h6,8-9,13-14,20-21,23-26H,4-5,7,10-12,15-19H2,1-3H3,(H,32,38)(H,33,35)(H,36,37)/t20-,21+,24+,25+,26+/m0/s1. The number of esters is 1. The number of carboxylic acid groups (broad SMARTS) is 1. The second-order valence-electron chi connectivity index (χ2n) is 11.5. The van der Waals surface area contributed by atoms with Gasteiger partial charge in [-0.3, -0.25) is 19.2 Å². The van der Waals surface area contributed by atoms with E-state index in [9.17, 15) is 29.1 Å². The van der Waals surface area contributed by atoms with E-state index in [1.165, 1.54) is 11.8 Å². The molecule has 41 heavy (non-hydrogen) atoms. The zero-order chi connectivity index (χ0) is 29.9. The van der Waals surface area contributed by atoms with Crippen LogP contribution in [0, 0.1) is 5.92 Å². The number of cyclic esters (lactones) is 1. The van der Waals surface area contributed by atoms with E-state index in [1.54, 1.807) is 0 Å². The first-order valence-corrected chi connectivity index (χ1v) is 15.0. The average molecular weight is 572 g/mol. The number of aliphatic carboxylic acids is 1. The van der Waals surface area contributed by atoms with Crippen LogP contribution in [0.4, 0.5) is 0 Å². The fourth-order valence-corrected chi connectivity index (χ4v) is 5.80. The maximum atomic E-state index is 13.9. The van der Waals surface area contributed by atoms with Crippen molar-refractivity contribution in [2.24, 2.45) is 5.92 Å². The molecule has 1 aromatic rings. The van der Waals surface area contributed by atoms with Crippen LogP contribution in [0.3, 0.4) is 0 Å². The molecular formula is C31H45N3O7. The van der Waals surface area contributed by atoms with Gasteiger partial charge in [-0.1, -0.05) is 76.3 Å². The molecule has 1 aliphatic heterocycles. The highest BCUT2D eigenvalue weighted by atomic mass is 16.5. The van der Waals surface area contributed by atoms with Gasteiger partial charge < -0.3 is 25.4 Å². The van der Waals surface area contributed by atoms with E-state index in [0.717, 1.165) is 37.7 Å². The maximum Gasteiger partial charge on any atom is 0.329 e. The van der Waals surface area contributed by atoms with Gasteiger partial charge in [-0.15, -0.1) is 0 Å². The highest BCUT2D eigenvalue weighted by Gasteiger charge is 2.42. The first-order valence-electron chi connectivity index (χ1n) is 15.0. The second kappa shape index (κ2) is 15.5. The number of amides is 3. The Bertz CT molecular complexity index is 1060. The number of nitrogens with zero attached hydrogens (tertiary/aromatic N) is 1. The Kier molecular flexibility index (Phi) is 12.2. The normalized spacial score (nSPS) is 26.1. The number of carbonyl (C=O) groups excluding carboxylic acids is 4. The van der Waals surface area contributed by atoms with E-state index >= 15 is 0 Å². The number of carbonyl (C=O) groups is 5. The Labute approximate surface area is 242 Å². The molecule has 1 saturated carbocycles. The first-order chi connectivity index (χ1) is 19.6.